The maximum Gasteiger partial charge on any atom is 0.158 e. The van der Waals surface area contributed by atoms with Gasteiger partial charge in [-0.3, -0.25) is 0 Å². The molecule has 0 aromatic rings. The van der Waals surface area contributed by atoms with Crippen LogP contribution in [0.1, 0.15) is 19.3 Å². The molecule has 1 heterocycles. The highest BCUT2D eigenvalue weighted by molar-refractivity contribution is 7.93. The molecule has 2 fully saturated rings. The quantitative estimate of drug-likeness (QED) is 0.629. The van der Waals surface area contributed by atoms with Crippen molar-refractivity contribution in [3.63, 3.8) is 0 Å². The Balaban J connectivity index is 0.000000720. The van der Waals surface area contributed by atoms with E-state index >= 15 is 0 Å². The lowest BCUT2D eigenvalue weighted by Crippen LogP contribution is -2.58. The molecule has 1 spiro atoms. The maximum atomic E-state index is 11.5. The second kappa shape index (κ2) is 3.16. The lowest BCUT2D eigenvalue weighted by atomic mass is 9.84. The van der Waals surface area contributed by atoms with Gasteiger partial charge in [0.2, 0.25) is 0 Å². The summed E-state index contributed by atoms with van der Waals surface area (Å²) in [5.74, 6) is 0.340. The number of nitrogens with one attached hydrogen (secondary N) is 1. The van der Waals surface area contributed by atoms with E-state index in [9.17, 15) is 8.42 Å². The molecule has 0 aromatic heterocycles. The third-order valence-electron chi connectivity index (χ3n) is 2.92. The topological polar surface area (TPSA) is 46.2 Å². The van der Waals surface area contributed by atoms with Crippen molar-refractivity contribution >= 4 is 22.2 Å². The third kappa shape index (κ3) is 1.26. The third-order valence-corrected chi connectivity index (χ3v) is 5.53. The van der Waals surface area contributed by atoms with E-state index in [1.807, 2.05) is 0 Å². The molecular formula is C7H14ClNO2S. The predicted molar refractivity (Wildman–Crippen MR) is 50.5 cm³/mol. The van der Waals surface area contributed by atoms with Crippen molar-refractivity contribution in [2.45, 2.75) is 24.0 Å². The Labute approximate surface area is 79.2 Å². The molecule has 72 valence electrons. The van der Waals surface area contributed by atoms with Gasteiger partial charge in [-0.25, -0.2) is 8.42 Å². The van der Waals surface area contributed by atoms with E-state index in [2.05, 4.69) is 5.32 Å². The summed E-state index contributed by atoms with van der Waals surface area (Å²) < 4.78 is 22.7. The van der Waals surface area contributed by atoms with Gasteiger partial charge in [-0.15, -0.1) is 12.4 Å². The number of hydrogen-bond acceptors (Lipinski definition) is 3. The average Bonchev–Trinajstić information content (AvgIpc) is 1.83. The Morgan fingerprint density at radius 1 is 1.25 bits per heavy atom. The molecule has 1 saturated heterocycles. The molecule has 0 amide bonds. The fraction of sp³-hybridized carbons (Fsp3) is 1.00. The van der Waals surface area contributed by atoms with E-state index < -0.39 is 9.84 Å². The van der Waals surface area contributed by atoms with Gasteiger partial charge in [0.05, 0.1) is 10.5 Å². The zero-order valence-corrected chi connectivity index (χ0v) is 8.51. The van der Waals surface area contributed by atoms with E-state index in [1.54, 1.807) is 0 Å². The van der Waals surface area contributed by atoms with Gasteiger partial charge in [-0.1, -0.05) is 6.42 Å². The number of halogens is 1. The fourth-order valence-electron chi connectivity index (χ4n) is 1.91. The highest BCUT2D eigenvalue weighted by Crippen LogP contribution is 2.40. The van der Waals surface area contributed by atoms with Crippen molar-refractivity contribution in [3.8, 4) is 0 Å². The molecule has 3 nitrogen and oxygen atoms in total. The molecule has 2 rings (SSSR count). The van der Waals surface area contributed by atoms with E-state index in [0.717, 1.165) is 19.3 Å². The zero-order chi connectivity index (χ0) is 7.95. The molecule has 1 saturated carbocycles. The Morgan fingerprint density at radius 3 is 2.25 bits per heavy atom. The second-order valence-corrected chi connectivity index (χ2v) is 6.04. The smallest absolute Gasteiger partial charge is 0.158 e. The van der Waals surface area contributed by atoms with Crippen molar-refractivity contribution in [1.82, 2.24) is 5.32 Å². The standard InChI is InChI=1S/C7H13NO2S.ClH/c9-11(10)5-4-8-6-7(11)2-1-3-7;/h8H,1-6H2;1H. The molecule has 0 radical (unpaired) electrons. The molecule has 0 aromatic carbocycles. The first-order chi connectivity index (χ1) is 5.16. The maximum absolute atomic E-state index is 11.5. The van der Waals surface area contributed by atoms with Crippen molar-refractivity contribution in [2.75, 3.05) is 18.8 Å². The van der Waals surface area contributed by atoms with Crippen LogP contribution in [-0.4, -0.2) is 32.0 Å². The molecular weight excluding hydrogens is 198 g/mol. The van der Waals surface area contributed by atoms with Crippen LogP contribution in [0, 0.1) is 0 Å². The monoisotopic (exact) mass is 211 g/mol. The Morgan fingerprint density at radius 2 is 1.92 bits per heavy atom. The second-order valence-electron chi connectivity index (χ2n) is 3.53. The molecule has 1 aliphatic heterocycles. The summed E-state index contributed by atoms with van der Waals surface area (Å²) in [7, 11) is -2.75. The summed E-state index contributed by atoms with van der Waals surface area (Å²) in [6.07, 6.45) is 2.84. The van der Waals surface area contributed by atoms with E-state index in [-0.39, 0.29) is 17.2 Å². The summed E-state index contributed by atoms with van der Waals surface area (Å²) in [6, 6.07) is 0. The summed E-state index contributed by atoms with van der Waals surface area (Å²) in [6.45, 7) is 1.33. The van der Waals surface area contributed by atoms with Crippen LogP contribution >= 0.6 is 12.4 Å². The van der Waals surface area contributed by atoms with Gasteiger partial charge in [0.25, 0.3) is 0 Å². The molecule has 1 aliphatic carbocycles. The molecule has 5 heteroatoms. The summed E-state index contributed by atoms with van der Waals surface area (Å²) >= 11 is 0. The Hall–Kier alpha value is 0.200. The van der Waals surface area contributed by atoms with E-state index in [1.165, 1.54) is 0 Å². The highest BCUT2D eigenvalue weighted by atomic mass is 35.5. The van der Waals surface area contributed by atoms with Crippen LogP contribution in [0.4, 0.5) is 0 Å². The van der Waals surface area contributed by atoms with Crippen molar-refractivity contribution in [3.05, 3.63) is 0 Å². The van der Waals surface area contributed by atoms with Crippen LogP contribution in [0.25, 0.3) is 0 Å². The molecule has 0 atom stereocenters. The summed E-state index contributed by atoms with van der Waals surface area (Å²) in [4.78, 5) is 0. The molecule has 0 unspecified atom stereocenters. The zero-order valence-electron chi connectivity index (χ0n) is 6.88. The molecule has 2 aliphatic rings. The van der Waals surface area contributed by atoms with Crippen LogP contribution in [0.5, 0.6) is 0 Å². The largest absolute Gasteiger partial charge is 0.314 e. The first-order valence-electron chi connectivity index (χ1n) is 4.09. The SMILES string of the molecule is Cl.O=S1(=O)CCNCC12CCC2. The number of sulfone groups is 1. The highest BCUT2D eigenvalue weighted by Gasteiger charge is 2.49. The summed E-state index contributed by atoms with van der Waals surface area (Å²) in [5.41, 5.74) is 0. The van der Waals surface area contributed by atoms with Gasteiger partial charge >= 0.3 is 0 Å². The van der Waals surface area contributed by atoms with Gasteiger partial charge in [0, 0.05) is 13.1 Å². The minimum atomic E-state index is -2.75. The Kier molecular flexibility index (Phi) is 2.71. The van der Waals surface area contributed by atoms with Crippen molar-refractivity contribution in [1.29, 1.82) is 0 Å². The van der Waals surface area contributed by atoms with Gasteiger partial charge in [0.1, 0.15) is 0 Å². The fourth-order valence-corrected chi connectivity index (χ4v) is 3.99. The molecule has 1 N–H and O–H groups in total. The number of rotatable bonds is 0. The minimum Gasteiger partial charge on any atom is -0.314 e. The summed E-state index contributed by atoms with van der Waals surface area (Å²) in [5, 5.41) is 3.15. The van der Waals surface area contributed by atoms with E-state index in [4.69, 9.17) is 0 Å². The van der Waals surface area contributed by atoms with Gasteiger partial charge in [-0.2, -0.15) is 0 Å². The van der Waals surface area contributed by atoms with Crippen molar-refractivity contribution < 1.29 is 8.42 Å². The van der Waals surface area contributed by atoms with Crippen molar-refractivity contribution in [2.24, 2.45) is 0 Å². The molecule has 0 bridgehead atoms. The first-order valence-corrected chi connectivity index (χ1v) is 5.75. The van der Waals surface area contributed by atoms with Crippen LogP contribution < -0.4 is 5.32 Å². The van der Waals surface area contributed by atoms with Crippen LogP contribution in [-0.2, 0) is 9.84 Å². The predicted octanol–water partition coefficient (Wildman–Crippen LogP) is 0.349. The molecule has 12 heavy (non-hydrogen) atoms. The van der Waals surface area contributed by atoms with Gasteiger partial charge in [0.15, 0.2) is 9.84 Å². The van der Waals surface area contributed by atoms with Gasteiger partial charge < -0.3 is 5.32 Å². The van der Waals surface area contributed by atoms with Crippen LogP contribution in [0.3, 0.4) is 0 Å². The lowest BCUT2D eigenvalue weighted by Gasteiger charge is -2.43. The minimum absolute atomic E-state index is 0. The number of hydrogen-bond donors (Lipinski definition) is 1. The normalized spacial score (nSPS) is 30.3. The first kappa shape index (κ1) is 10.3. The Bertz CT molecular complexity index is 259. The lowest BCUT2D eigenvalue weighted by molar-refractivity contribution is 0.313. The van der Waals surface area contributed by atoms with Crippen LogP contribution in [0.2, 0.25) is 0 Å². The average molecular weight is 212 g/mol. The van der Waals surface area contributed by atoms with Crippen LogP contribution in [0.15, 0.2) is 0 Å². The van der Waals surface area contributed by atoms with Gasteiger partial charge in [-0.05, 0) is 12.8 Å². The van der Waals surface area contributed by atoms with E-state index in [0.29, 0.717) is 18.8 Å².